The van der Waals surface area contributed by atoms with Crippen molar-refractivity contribution in [2.75, 3.05) is 24.7 Å². The third kappa shape index (κ3) is 5.79. The SMILES string of the molecule is Cc1ccc(CNC(=O)c2ccc(N3CCCN(C(=O)c4ccccc4C(F)(F)F)C3)nc2)cc1. The molecule has 1 aromatic heterocycles. The number of nitrogens with zero attached hydrogens (tertiary/aromatic N) is 3. The van der Waals surface area contributed by atoms with Gasteiger partial charge >= 0.3 is 6.18 Å². The molecule has 182 valence electrons. The number of anilines is 1. The van der Waals surface area contributed by atoms with E-state index in [-0.39, 0.29) is 18.1 Å². The van der Waals surface area contributed by atoms with E-state index in [4.69, 9.17) is 0 Å². The molecule has 0 radical (unpaired) electrons. The number of aromatic nitrogens is 1. The van der Waals surface area contributed by atoms with E-state index in [0.29, 0.717) is 37.4 Å². The first-order valence-electron chi connectivity index (χ1n) is 11.2. The number of alkyl halides is 3. The first-order chi connectivity index (χ1) is 16.7. The maximum absolute atomic E-state index is 13.4. The summed E-state index contributed by atoms with van der Waals surface area (Å²) in [5, 5.41) is 2.85. The number of amides is 2. The molecule has 0 atom stereocenters. The van der Waals surface area contributed by atoms with Crippen molar-refractivity contribution < 1.29 is 22.8 Å². The molecule has 1 N–H and O–H groups in total. The van der Waals surface area contributed by atoms with E-state index in [2.05, 4.69) is 10.3 Å². The number of aryl methyl sites for hydroxylation is 1. The standard InChI is InChI=1S/C26H25F3N4O2/c1-18-7-9-19(10-8-18)15-31-24(34)20-11-12-23(30-16-20)32-13-4-14-33(17-32)25(35)21-5-2-3-6-22(21)26(27,28)29/h2-3,5-12,16H,4,13-15,17H2,1H3,(H,31,34). The number of hydrogen-bond acceptors (Lipinski definition) is 4. The van der Waals surface area contributed by atoms with Crippen molar-refractivity contribution in [3.63, 3.8) is 0 Å². The van der Waals surface area contributed by atoms with E-state index in [1.807, 2.05) is 36.1 Å². The molecular formula is C26H25F3N4O2. The molecule has 0 unspecified atom stereocenters. The second kappa shape index (κ2) is 10.2. The van der Waals surface area contributed by atoms with Crippen LogP contribution < -0.4 is 10.2 Å². The van der Waals surface area contributed by atoms with Gasteiger partial charge in [-0.05, 0) is 43.2 Å². The second-order valence-electron chi connectivity index (χ2n) is 8.44. The smallest absolute Gasteiger partial charge is 0.348 e. The van der Waals surface area contributed by atoms with E-state index in [1.54, 1.807) is 12.1 Å². The number of pyridine rings is 1. The van der Waals surface area contributed by atoms with Gasteiger partial charge in [0.1, 0.15) is 5.82 Å². The number of benzene rings is 2. The molecule has 1 saturated heterocycles. The first-order valence-corrected chi connectivity index (χ1v) is 11.2. The summed E-state index contributed by atoms with van der Waals surface area (Å²) in [5.74, 6) is -0.389. The van der Waals surface area contributed by atoms with Gasteiger partial charge in [-0.1, -0.05) is 42.0 Å². The highest BCUT2D eigenvalue weighted by molar-refractivity contribution is 5.96. The summed E-state index contributed by atoms with van der Waals surface area (Å²) in [4.78, 5) is 33.0. The quantitative estimate of drug-likeness (QED) is 0.575. The fourth-order valence-electron chi connectivity index (χ4n) is 3.94. The summed E-state index contributed by atoms with van der Waals surface area (Å²) in [5.41, 5.74) is 1.21. The molecule has 1 aliphatic rings. The van der Waals surface area contributed by atoms with Crippen molar-refractivity contribution in [2.24, 2.45) is 0 Å². The molecule has 0 spiro atoms. The molecule has 1 fully saturated rings. The normalized spacial score (nSPS) is 14.1. The topological polar surface area (TPSA) is 65.5 Å². The summed E-state index contributed by atoms with van der Waals surface area (Å²) in [6, 6.07) is 16.0. The van der Waals surface area contributed by atoms with Gasteiger partial charge in [0.15, 0.2) is 0 Å². The summed E-state index contributed by atoms with van der Waals surface area (Å²) in [6.45, 7) is 3.44. The van der Waals surface area contributed by atoms with Gasteiger partial charge in [0, 0.05) is 25.8 Å². The van der Waals surface area contributed by atoms with E-state index < -0.39 is 17.6 Å². The Morgan fingerprint density at radius 1 is 1.00 bits per heavy atom. The van der Waals surface area contributed by atoms with Crippen molar-refractivity contribution in [1.29, 1.82) is 0 Å². The highest BCUT2D eigenvalue weighted by Crippen LogP contribution is 2.32. The molecule has 35 heavy (non-hydrogen) atoms. The van der Waals surface area contributed by atoms with E-state index in [9.17, 15) is 22.8 Å². The van der Waals surface area contributed by atoms with Crippen molar-refractivity contribution in [2.45, 2.75) is 26.1 Å². The Hall–Kier alpha value is -3.88. The Morgan fingerprint density at radius 2 is 1.74 bits per heavy atom. The third-order valence-electron chi connectivity index (χ3n) is 5.86. The van der Waals surface area contributed by atoms with Gasteiger partial charge in [-0.2, -0.15) is 13.2 Å². The van der Waals surface area contributed by atoms with Crippen LogP contribution >= 0.6 is 0 Å². The minimum Gasteiger partial charge on any atom is -0.348 e. The number of carbonyl (C=O) groups is 2. The highest BCUT2D eigenvalue weighted by Gasteiger charge is 2.36. The van der Waals surface area contributed by atoms with Gasteiger partial charge in [0.25, 0.3) is 11.8 Å². The van der Waals surface area contributed by atoms with Crippen LogP contribution in [0, 0.1) is 6.92 Å². The lowest BCUT2D eigenvalue weighted by molar-refractivity contribution is -0.138. The van der Waals surface area contributed by atoms with Gasteiger partial charge < -0.3 is 15.1 Å². The maximum Gasteiger partial charge on any atom is 0.417 e. The van der Waals surface area contributed by atoms with Crippen LogP contribution in [0.25, 0.3) is 0 Å². The van der Waals surface area contributed by atoms with Crippen molar-refractivity contribution in [3.05, 3.63) is 94.7 Å². The first kappa shape index (κ1) is 24.3. The predicted octanol–water partition coefficient (Wildman–Crippen LogP) is 4.65. The lowest BCUT2D eigenvalue weighted by Crippen LogP contribution is -2.48. The molecule has 4 rings (SSSR count). The Balaban J connectivity index is 1.40. The number of carbonyl (C=O) groups excluding carboxylic acids is 2. The fourth-order valence-corrected chi connectivity index (χ4v) is 3.94. The summed E-state index contributed by atoms with van der Waals surface area (Å²) in [7, 11) is 0. The fraction of sp³-hybridized carbons (Fsp3) is 0.269. The van der Waals surface area contributed by atoms with Crippen LogP contribution in [-0.4, -0.2) is 41.5 Å². The molecule has 3 aromatic rings. The molecule has 9 heteroatoms. The Labute approximate surface area is 201 Å². The molecule has 1 aliphatic heterocycles. The largest absolute Gasteiger partial charge is 0.417 e. The molecule has 2 heterocycles. The van der Waals surface area contributed by atoms with Crippen LogP contribution in [0.1, 0.15) is 43.8 Å². The van der Waals surface area contributed by atoms with E-state index in [1.165, 1.54) is 29.3 Å². The molecule has 0 aliphatic carbocycles. The van der Waals surface area contributed by atoms with Crippen LogP contribution in [0.3, 0.4) is 0 Å². The minimum atomic E-state index is -4.61. The van der Waals surface area contributed by atoms with E-state index in [0.717, 1.165) is 17.2 Å². The molecule has 0 bridgehead atoms. The molecule has 6 nitrogen and oxygen atoms in total. The predicted molar refractivity (Wildman–Crippen MR) is 126 cm³/mol. The zero-order valence-corrected chi connectivity index (χ0v) is 19.2. The average Bonchev–Trinajstić information content (AvgIpc) is 2.87. The van der Waals surface area contributed by atoms with Gasteiger partial charge in [-0.3, -0.25) is 9.59 Å². The zero-order valence-electron chi connectivity index (χ0n) is 19.2. The van der Waals surface area contributed by atoms with E-state index >= 15 is 0 Å². The number of halogens is 3. The summed E-state index contributed by atoms with van der Waals surface area (Å²) < 4.78 is 40.1. The number of rotatable bonds is 5. The van der Waals surface area contributed by atoms with Gasteiger partial charge in [-0.25, -0.2) is 4.98 Å². The lowest BCUT2D eigenvalue weighted by atomic mass is 10.1. The zero-order chi connectivity index (χ0) is 25.0. The van der Waals surface area contributed by atoms with Crippen molar-refractivity contribution in [1.82, 2.24) is 15.2 Å². The minimum absolute atomic E-state index is 0.108. The second-order valence-corrected chi connectivity index (χ2v) is 8.44. The maximum atomic E-state index is 13.4. The highest BCUT2D eigenvalue weighted by atomic mass is 19.4. The van der Waals surface area contributed by atoms with Gasteiger partial charge in [-0.15, -0.1) is 0 Å². The number of nitrogens with one attached hydrogen (secondary N) is 1. The van der Waals surface area contributed by atoms with Gasteiger partial charge in [0.05, 0.1) is 23.4 Å². The summed E-state index contributed by atoms with van der Waals surface area (Å²) >= 11 is 0. The Morgan fingerprint density at radius 3 is 2.43 bits per heavy atom. The Kier molecular flexibility index (Phi) is 7.04. The van der Waals surface area contributed by atoms with Crippen LogP contribution in [-0.2, 0) is 12.7 Å². The van der Waals surface area contributed by atoms with Crippen LogP contribution in [0.2, 0.25) is 0 Å². The van der Waals surface area contributed by atoms with Crippen LogP contribution in [0.5, 0.6) is 0 Å². The monoisotopic (exact) mass is 482 g/mol. The number of hydrogen-bond donors (Lipinski definition) is 1. The summed E-state index contributed by atoms with van der Waals surface area (Å²) in [6.07, 6.45) is -2.57. The third-order valence-corrected chi connectivity index (χ3v) is 5.86. The lowest BCUT2D eigenvalue weighted by Gasteiger charge is -2.36. The van der Waals surface area contributed by atoms with Crippen molar-refractivity contribution >= 4 is 17.6 Å². The Bertz CT molecular complexity index is 1190. The van der Waals surface area contributed by atoms with Gasteiger partial charge in [0.2, 0.25) is 0 Å². The molecule has 2 amide bonds. The van der Waals surface area contributed by atoms with Crippen LogP contribution in [0.15, 0.2) is 66.9 Å². The molecular weight excluding hydrogens is 457 g/mol. The van der Waals surface area contributed by atoms with Crippen molar-refractivity contribution in [3.8, 4) is 0 Å². The molecule has 2 aromatic carbocycles. The molecule has 0 saturated carbocycles. The average molecular weight is 483 g/mol. The van der Waals surface area contributed by atoms with Crippen LogP contribution in [0.4, 0.5) is 19.0 Å².